The predicted octanol–water partition coefficient (Wildman–Crippen LogP) is 8.85. The van der Waals surface area contributed by atoms with Crippen molar-refractivity contribution in [3.8, 4) is 40.1 Å². The van der Waals surface area contributed by atoms with E-state index in [2.05, 4.69) is 4.74 Å². The van der Waals surface area contributed by atoms with E-state index in [1.165, 1.54) is 6.07 Å². The maximum Gasteiger partial charge on any atom is 0.432 e. The molecule has 0 saturated carbocycles. The van der Waals surface area contributed by atoms with Gasteiger partial charge in [-0.05, 0) is 78.1 Å². The van der Waals surface area contributed by atoms with Gasteiger partial charge in [0.2, 0.25) is 0 Å². The molecule has 0 spiro atoms. The smallest absolute Gasteiger partial charge is 0.429 e. The molecule has 4 aromatic carbocycles. The lowest BCUT2D eigenvalue weighted by Crippen LogP contribution is -2.25. The molecule has 1 aliphatic rings. The average molecular weight is 614 g/mol. The zero-order valence-electron chi connectivity index (χ0n) is 22.3. The third kappa shape index (κ3) is 5.94. The standard InChI is InChI=1S/C32H18F8N2O2/c33-23-7-17(2-3-18(23)14-42)22-5-4-21(12-24(22)34)44-32(39,40)31-27(37)10-20(11-28(31)38)30-25(35)8-19(9-26(30)36)29-6-1-16(13-41)15-43-29/h2-5,7-12,16,29H,1,6,15H2. The molecule has 12 heteroatoms. The molecule has 1 aliphatic heterocycles. The number of ether oxygens (including phenoxy) is 2. The maximum absolute atomic E-state index is 15.0. The van der Waals surface area contributed by atoms with Crippen LogP contribution in [0, 0.1) is 63.5 Å². The van der Waals surface area contributed by atoms with Crippen molar-refractivity contribution in [2.75, 3.05) is 6.61 Å². The van der Waals surface area contributed by atoms with Crippen molar-refractivity contribution in [3.63, 3.8) is 0 Å². The van der Waals surface area contributed by atoms with Crippen LogP contribution in [0.15, 0.2) is 60.7 Å². The highest BCUT2D eigenvalue weighted by molar-refractivity contribution is 5.67. The van der Waals surface area contributed by atoms with Gasteiger partial charge in [0.25, 0.3) is 0 Å². The molecule has 0 aromatic heterocycles. The Morgan fingerprint density at radius 2 is 1.39 bits per heavy atom. The fraction of sp³-hybridized carbons (Fsp3) is 0.188. The van der Waals surface area contributed by atoms with E-state index in [0.717, 1.165) is 36.4 Å². The van der Waals surface area contributed by atoms with E-state index in [-0.39, 0.29) is 34.8 Å². The Balaban J connectivity index is 1.40. The molecule has 0 amide bonds. The lowest BCUT2D eigenvalue weighted by molar-refractivity contribution is -0.189. The summed E-state index contributed by atoms with van der Waals surface area (Å²) < 4.78 is 128. The lowest BCUT2D eigenvalue weighted by atomic mass is 9.93. The van der Waals surface area contributed by atoms with Gasteiger partial charge in [0.1, 0.15) is 52.3 Å². The van der Waals surface area contributed by atoms with E-state index in [9.17, 15) is 35.1 Å². The van der Waals surface area contributed by atoms with E-state index in [4.69, 9.17) is 15.3 Å². The van der Waals surface area contributed by atoms with Crippen LogP contribution in [0.4, 0.5) is 35.1 Å². The van der Waals surface area contributed by atoms with Crippen molar-refractivity contribution in [1.29, 1.82) is 10.5 Å². The molecule has 0 radical (unpaired) electrons. The molecule has 2 atom stereocenters. The molecular weight excluding hydrogens is 596 g/mol. The summed E-state index contributed by atoms with van der Waals surface area (Å²) in [6, 6.07) is 11.6. The molecule has 1 heterocycles. The zero-order chi connectivity index (χ0) is 31.8. The van der Waals surface area contributed by atoms with Crippen LogP contribution in [-0.4, -0.2) is 6.61 Å². The van der Waals surface area contributed by atoms with Crippen LogP contribution >= 0.6 is 0 Å². The first kappa shape index (κ1) is 30.5. The average Bonchev–Trinajstić information content (AvgIpc) is 2.96. The van der Waals surface area contributed by atoms with Gasteiger partial charge in [0, 0.05) is 11.6 Å². The van der Waals surface area contributed by atoms with Crippen LogP contribution in [0.25, 0.3) is 22.3 Å². The Bertz CT molecular complexity index is 1790. The lowest BCUT2D eigenvalue weighted by Gasteiger charge is -2.26. The van der Waals surface area contributed by atoms with E-state index >= 15 is 0 Å². The number of halogens is 8. The fourth-order valence-corrected chi connectivity index (χ4v) is 4.93. The van der Waals surface area contributed by atoms with E-state index in [1.54, 1.807) is 6.07 Å². The Labute approximate surface area is 245 Å². The molecular formula is C32H18F8N2O2. The van der Waals surface area contributed by atoms with Gasteiger partial charge < -0.3 is 9.47 Å². The Morgan fingerprint density at radius 1 is 0.727 bits per heavy atom. The monoisotopic (exact) mass is 614 g/mol. The summed E-state index contributed by atoms with van der Waals surface area (Å²) in [4.78, 5) is 0. The number of alkyl halides is 2. The zero-order valence-corrected chi connectivity index (χ0v) is 22.3. The van der Waals surface area contributed by atoms with Crippen molar-refractivity contribution < 1.29 is 44.6 Å². The summed E-state index contributed by atoms with van der Waals surface area (Å²) in [6.45, 7) is 0.0637. The second-order valence-corrected chi connectivity index (χ2v) is 9.97. The van der Waals surface area contributed by atoms with E-state index < -0.39 is 69.6 Å². The van der Waals surface area contributed by atoms with Crippen LogP contribution in [0.2, 0.25) is 0 Å². The van der Waals surface area contributed by atoms with Crippen LogP contribution < -0.4 is 4.74 Å². The summed E-state index contributed by atoms with van der Waals surface area (Å²) in [5.74, 6) is -9.51. The number of nitrogens with zero attached hydrogens (tertiary/aromatic N) is 2. The fourth-order valence-electron chi connectivity index (χ4n) is 4.93. The molecule has 224 valence electrons. The second kappa shape index (κ2) is 12.0. The number of hydrogen-bond donors (Lipinski definition) is 0. The Hall–Kier alpha value is -4.94. The number of rotatable bonds is 6. The van der Waals surface area contributed by atoms with E-state index in [1.807, 2.05) is 6.07 Å². The van der Waals surface area contributed by atoms with Crippen LogP contribution in [0.1, 0.15) is 35.6 Å². The summed E-state index contributed by atoms with van der Waals surface area (Å²) >= 11 is 0. The van der Waals surface area contributed by atoms with Gasteiger partial charge in [-0.2, -0.15) is 19.3 Å². The van der Waals surface area contributed by atoms with Crippen molar-refractivity contribution in [2.45, 2.75) is 25.1 Å². The molecule has 0 bridgehead atoms. The molecule has 2 unspecified atom stereocenters. The first-order valence-electron chi connectivity index (χ1n) is 13.0. The van der Waals surface area contributed by atoms with Gasteiger partial charge in [-0.1, -0.05) is 6.07 Å². The summed E-state index contributed by atoms with van der Waals surface area (Å²) in [5, 5.41) is 17.8. The first-order valence-corrected chi connectivity index (χ1v) is 13.0. The topological polar surface area (TPSA) is 66.0 Å². The molecule has 0 N–H and O–H groups in total. The van der Waals surface area contributed by atoms with Crippen LogP contribution in [0.5, 0.6) is 5.75 Å². The third-order valence-electron chi connectivity index (χ3n) is 7.10. The first-order chi connectivity index (χ1) is 20.9. The van der Waals surface area contributed by atoms with Gasteiger partial charge in [-0.15, -0.1) is 0 Å². The largest absolute Gasteiger partial charge is 0.432 e. The Morgan fingerprint density at radius 3 is 1.93 bits per heavy atom. The molecule has 44 heavy (non-hydrogen) atoms. The highest BCUT2D eigenvalue weighted by Gasteiger charge is 2.41. The van der Waals surface area contributed by atoms with Crippen molar-refractivity contribution >= 4 is 0 Å². The summed E-state index contributed by atoms with van der Waals surface area (Å²) in [6.07, 6.45) is -4.67. The SMILES string of the molecule is N#Cc1ccc(-c2ccc(OC(F)(F)c3c(F)cc(-c4c(F)cc(C5CCC(C#N)CO5)cc4F)cc3F)cc2F)cc1F. The number of hydrogen-bond acceptors (Lipinski definition) is 4. The minimum absolute atomic E-state index is 0.0172. The second-order valence-electron chi connectivity index (χ2n) is 9.97. The molecule has 0 aliphatic carbocycles. The third-order valence-corrected chi connectivity index (χ3v) is 7.10. The van der Waals surface area contributed by atoms with Crippen molar-refractivity contribution in [1.82, 2.24) is 0 Å². The maximum atomic E-state index is 15.0. The van der Waals surface area contributed by atoms with Gasteiger partial charge in [-0.25, -0.2) is 26.3 Å². The molecule has 1 saturated heterocycles. The van der Waals surface area contributed by atoms with Crippen molar-refractivity contribution in [2.24, 2.45) is 5.92 Å². The van der Waals surface area contributed by atoms with Gasteiger partial charge in [-0.3, -0.25) is 0 Å². The number of benzene rings is 4. The molecule has 4 nitrogen and oxygen atoms in total. The highest BCUT2D eigenvalue weighted by Crippen LogP contribution is 2.40. The predicted molar refractivity (Wildman–Crippen MR) is 140 cm³/mol. The minimum atomic E-state index is -4.71. The van der Waals surface area contributed by atoms with Gasteiger partial charge in [0.05, 0.1) is 35.8 Å². The van der Waals surface area contributed by atoms with Crippen LogP contribution in [0.3, 0.4) is 0 Å². The van der Waals surface area contributed by atoms with Gasteiger partial charge in [0.15, 0.2) is 0 Å². The summed E-state index contributed by atoms with van der Waals surface area (Å²) in [5.41, 5.74) is -3.92. The van der Waals surface area contributed by atoms with Crippen LogP contribution in [-0.2, 0) is 10.8 Å². The number of nitriles is 2. The summed E-state index contributed by atoms with van der Waals surface area (Å²) in [7, 11) is 0. The molecule has 5 rings (SSSR count). The van der Waals surface area contributed by atoms with Gasteiger partial charge >= 0.3 is 6.11 Å². The van der Waals surface area contributed by atoms with Crippen molar-refractivity contribution in [3.05, 3.63) is 112 Å². The molecule has 4 aromatic rings. The van der Waals surface area contributed by atoms with E-state index in [0.29, 0.717) is 31.0 Å². The highest BCUT2D eigenvalue weighted by atomic mass is 19.3. The normalized spacial score (nSPS) is 16.7. The quantitative estimate of drug-likeness (QED) is 0.204. The minimum Gasteiger partial charge on any atom is -0.429 e. The Kier molecular flexibility index (Phi) is 8.31. The molecule has 1 fully saturated rings.